The van der Waals surface area contributed by atoms with Gasteiger partial charge in [-0.1, -0.05) is 31.4 Å². The van der Waals surface area contributed by atoms with Gasteiger partial charge in [0.05, 0.1) is 6.20 Å². The van der Waals surface area contributed by atoms with Crippen LogP contribution in [0.3, 0.4) is 0 Å². The first-order chi connectivity index (χ1) is 14.1. The maximum absolute atomic E-state index is 13.3. The third-order valence-electron chi connectivity index (χ3n) is 5.72. The Labute approximate surface area is 169 Å². The normalized spacial score (nSPS) is 14.8. The zero-order valence-corrected chi connectivity index (χ0v) is 16.5. The second kappa shape index (κ2) is 8.15. The number of imidazole rings is 1. The van der Waals surface area contributed by atoms with Crippen LogP contribution in [-0.4, -0.2) is 38.6 Å². The largest absolute Gasteiger partial charge is 0.336 e. The summed E-state index contributed by atoms with van der Waals surface area (Å²) in [7, 11) is 0. The molecular formula is C23H24FN3O2. The number of aromatic nitrogens is 2. The number of carbonyl (C=O) groups is 2. The van der Waals surface area contributed by atoms with Crippen molar-refractivity contribution in [2.45, 2.75) is 45.1 Å². The van der Waals surface area contributed by atoms with Crippen molar-refractivity contribution in [3.05, 3.63) is 71.4 Å². The van der Waals surface area contributed by atoms with E-state index in [1.807, 2.05) is 11.8 Å². The Hall–Kier alpha value is -3.02. The first kappa shape index (κ1) is 19.3. The molecule has 1 amide bonds. The molecule has 0 spiro atoms. The highest BCUT2D eigenvalue weighted by atomic mass is 19.1. The molecule has 29 heavy (non-hydrogen) atoms. The summed E-state index contributed by atoms with van der Waals surface area (Å²) in [6.45, 7) is 2.69. The quantitative estimate of drug-likeness (QED) is 0.600. The molecule has 0 aliphatic heterocycles. The summed E-state index contributed by atoms with van der Waals surface area (Å²) in [6.07, 6.45) is 8.64. The van der Waals surface area contributed by atoms with Gasteiger partial charge in [-0.3, -0.25) is 14.0 Å². The van der Waals surface area contributed by atoms with Gasteiger partial charge in [0, 0.05) is 36.0 Å². The van der Waals surface area contributed by atoms with E-state index in [0.29, 0.717) is 35.1 Å². The fourth-order valence-electron chi connectivity index (χ4n) is 4.16. The summed E-state index contributed by atoms with van der Waals surface area (Å²) in [5, 5.41) is 0. The van der Waals surface area contributed by atoms with Crippen molar-refractivity contribution in [2.24, 2.45) is 0 Å². The van der Waals surface area contributed by atoms with Gasteiger partial charge in [-0.15, -0.1) is 0 Å². The number of pyridine rings is 1. The lowest BCUT2D eigenvalue weighted by atomic mass is 9.93. The molecule has 0 radical (unpaired) electrons. The minimum Gasteiger partial charge on any atom is -0.336 e. The molecule has 1 aliphatic rings. The van der Waals surface area contributed by atoms with E-state index in [1.165, 1.54) is 43.8 Å². The maximum atomic E-state index is 13.3. The van der Waals surface area contributed by atoms with Gasteiger partial charge in [0.2, 0.25) is 5.78 Å². The Morgan fingerprint density at radius 2 is 1.79 bits per heavy atom. The van der Waals surface area contributed by atoms with Gasteiger partial charge < -0.3 is 4.90 Å². The molecule has 0 N–H and O–H groups in total. The number of ketones is 1. The minimum absolute atomic E-state index is 0.0173. The van der Waals surface area contributed by atoms with Crippen molar-refractivity contribution in [2.75, 3.05) is 6.54 Å². The summed E-state index contributed by atoms with van der Waals surface area (Å²) < 4.78 is 14.9. The second-order valence-corrected chi connectivity index (χ2v) is 7.51. The Balaban J connectivity index is 1.55. The van der Waals surface area contributed by atoms with Gasteiger partial charge in [0.1, 0.15) is 17.2 Å². The monoisotopic (exact) mass is 393 g/mol. The number of halogens is 1. The van der Waals surface area contributed by atoms with Crippen LogP contribution in [-0.2, 0) is 0 Å². The van der Waals surface area contributed by atoms with Crippen molar-refractivity contribution in [1.82, 2.24) is 14.3 Å². The van der Waals surface area contributed by atoms with E-state index in [4.69, 9.17) is 0 Å². The topological polar surface area (TPSA) is 54.7 Å². The summed E-state index contributed by atoms with van der Waals surface area (Å²) in [5.74, 6) is -0.602. The molecule has 0 saturated heterocycles. The Bertz CT molecular complexity index is 1040. The number of rotatable bonds is 5. The van der Waals surface area contributed by atoms with Gasteiger partial charge in [-0.2, -0.15) is 0 Å². The van der Waals surface area contributed by atoms with Gasteiger partial charge in [-0.25, -0.2) is 9.37 Å². The van der Waals surface area contributed by atoms with Crippen LogP contribution in [0.4, 0.5) is 4.39 Å². The maximum Gasteiger partial charge on any atom is 0.254 e. The standard InChI is InChI=1S/C23H24FN3O2/c1-2-26(19-6-4-3-5-7-19)23(29)17-10-8-16(9-11-17)22(28)20-15-25-21-14-18(24)12-13-27(20)21/h8-15,19H,2-7H2,1H3. The molecule has 2 heterocycles. The Morgan fingerprint density at radius 3 is 2.48 bits per heavy atom. The molecule has 1 saturated carbocycles. The van der Waals surface area contributed by atoms with E-state index in [9.17, 15) is 14.0 Å². The van der Waals surface area contributed by atoms with E-state index >= 15 is 0 Å². The van der Waals surface area contributed by atoms with Crippen LogP contribution >= 0.6 is 0 Å². The second-order valence-electron chi connectivity index (χ2n) is 7.51. The molecule has 1 aliphatic carbocycles. The van der Waals surface area contributed by atoms with Crippen molar-refractivity contribution in [1.29, 1.82) is 0 Å². The number of hydrogen-bond acceptors (Lipinski definition) is 3. The number of amides is 1. The van der Waals surface area contributed by atoms with Crippen LogP contribution in [0.25, 0.3) is 5.65 Å². The first-order valence-corrected chi connectivity index (χ1v) is 10.2. The summed E-state index contributed by atoms with van der Waals surface area (Å²) in [5.41, 5.74) is 1.80. The molecule has 5 nitrogen and oxygen atoms in total. The molecule has 2 aromatic heterocycles. The number of nitrogens with zero attached hydrogens (tertiary/aromatic N) is 3. The Morgan fingerprint density at radius 1 is 1.10 bits per heavy atom. The fraction of sp³-hybridized carbons (Fsp3) is 0.348. The van der Waals surface area contributed by atoms with Crippen molar-refractivity contribution >= 4 is 17.3 Å². The number of hydrogen-bond donors (Lipinski definition) is 0. The molecule has 0 bridgehead atoms. The van der Waals surface area contributed by atoms with Crippen LogP contribution in [0, 0.1) is 5.82 Å². The fourth-order valence-corrected chi connectivity index (χ4v) is 4.16. The predicted octanol–water partition coefficient (Wildman–Crippen LogP) is 4.50. The van der Waals surface area contributed by atoms with Crippen LogP contribution in [0.15, 0.2) is 48.8 Å². The van der Waals surface area contributed by atoms with E-state index in [-0.39, 0.29) is 11.7 Å². The average Bonchev–Trinajstić information content (AvgIpc) is 3.17. The molecular weight excluding hydrogens is 369 g/mol. The minimum atomic E-state index is -0.400. The molecule has 0 unspecified atom stereocenters. The average molecular weight is 393 g/mol. The molecule has 150 valence electrons. The molecule has 3 aromatic rings. The molecule has 1 fully saturated rings. The van der Waals surface area contributed by atoms with Gasteiger partial charge in [0.25, 0.3) is 5.91 Å². The number of fused-ring (bicyclic) bond motifs is 1. The zero-order chi connectivity index (χ0) is 20.4. The molecule has 0 atom stereocenters. The van der Waals surface area contributed by atoms with E-state index in [0.717, 1.165) is 12.8 Å². The zero-order valence-electron chi connectivity index (χ0n) is 16.5. The first-order valence-electron chi connectivity index (χ1n) is 10.2. The van der Waals surface area contributed by atoms with Gasteiger partial charge in [0.15, 0.2) is 0 Å². The molecule has 6 heteroatoms. The highest BCUT2D eigenvalue weighted by molar-refractivity contribution is 6.08. The van der Waals surface area contributed by atoms with Crippen LogP contribution < -0.4 is 0 Å². The van der Waals surface area contributed by atoms with Crippen LogP contribution in [0.1, 0.15) is 65.4 Å². The third kappa shape index (κ3) is 3.79. The van der Waals surface area contributed by atoms with E-state index < -0.39 is 5.82 Å². The number of carbonyl (C=O) groups excluding carboxylic acids is 2. The van der Waals surface area contributed by atoms with Crippen LogP contribution in [0.5, 0.6) is 0 Å². The lowest BCUT2D eigenvalue weighted by Crippen LogP contribution is -2.41. The Kier molecular flexibility index (Phi) is 5.43. The summed E-state index contributed by atoms with van der Waals surface area (Å²) in [6, 6.07) is 9.65. The lowest BCUT2D eigenvalue weighted by molar-refractivity contribution is 0.0647. The van der Waals surface area contributed by atoms with Crippen molar-refractivity contribution < 1.29 is 14.0 Å². The van der Waals surface area contributed by atoms with Crippen LogP contribution in [0.2, 0.25) is 0 Å². The van der Waals surface area contributed by atoms with Crippen molar-refractivity contribution in [3.8, 4) is 0 Å². The molecule has 1 aromatic carbocycles. The summed E-state index contributed by atoms with van der Waals surface area (Å²) >= 11 is 0. The highest BCUT2D eigenvalue weighted by Crippen LogP contribution is 2.24. The van der Waals surface area contributed by atoms with Gasteiger partial charge in [-0.05, 0) is 38.0 Å². The SMILES string of the molecule is CCN(C(=O)c1ccc(C(=O)c2cnc3cc(F)ccn23)cc1)C1CCCCC1. The number of benzene rings is 1. The lowest BCUT2D eigenvalue weighted by Gasteiger charge is -2.33. The van der Waals surface area contributed by atoms with E-state index in [2.05, 4.69) is 4.98 Å². The molecule has 4 rings (SSSR count). The van der Waals surface area contributed by atoms with E-state index in [1.54, 1.807) is 28.7 Å². The van der Waals surface area contributed by atoms with Crippen molar-refractivity contribution in [3.63, 3.8) is 0 Å². The highest BCUT2D eigenvalue weighted by Gasteiger charge is 2.25. The predicted molar refractivity (Wildman–Crippen MR) is 109 cm³/mol. The van der Waals surface area contributed by atoms with Gasteiger partial charge >= 0.3 is 0 Å². The smallest absolute Gasteiger partial charge is 0.254 e. The summed E-state index contributed by atoms with van der Waals surface area (Å²) in [4.78, 5) is 31.9. The third-order valence-corrected chi connectivity index (χ3v) is 5.72.